The van der Waals surface area contributed by atoms with Crippen molar-refractivity contribution in [2.45, 2.75) is 6.61 Å². The molecule has 0 unspecified atom stereocenters. The average molecular weight is 399 g/mol. The van der Waals surface area contributed by atoms with E-state index in [1.54, 1.807) is 62.8 Å². The molecule has 150 valence electrons. The van der Waals surface area contributed by atoms with E-state index in [-0.39, 0.29) is 11.4 Å². The van der Waals surface area contributed by atoms with E-state index in [1.807, 2.05) is 36.4 Å². The molecular weight excluding hydrogens is 378 g/mol. The van der Waals surface area contributed by atoms with E-state index in [0.717, 1.165) is 5.56 Å². The molecule has 0 amide bonds. The summed E-state index contributed by atoms with van der Waals surface area (Å²) in [6.07, 6.45) is 1.54. The lowest BCUT2D eigenvalue weighted by Crippen LogP contribution is -2.02. The van der Waals surface area contributed by atoms with Crippen molar-refractivity contribution < 1.29 is 19.0 Å². The number of Topliss-reactive ketones (excluding diaryl/α,β-unsaturated/α-hetero) is 1. The monoisotopic (exact) mass is 399 g/mol. The highest BCUT2D eigenvalue weighted by molar-refractivity contribution is 6.14. The molecule has 0 atom stereocenters. The molecule has 5 nitrogen and oxygen atoms in total. The minimum atomic E-state index is -0.359. The van der Waals surface area contributed by atoms with Gasteiger partial charge in [0.1, 0.15) is 24.0 Å². The summed E-state index contributed by atoms with van der Waals surface area (Å²) in [4.78, 5) is 12.7. The first-order valence-corrected chi connectivity index (χ1v) is 9.30. The highest BCUT2D eigenvalue weighted by Crippen LogP contribution is 2.30. The van der Waals surface area contributed by atoms with E-state index in [2.05, 4.69) is 0 Å². The highest BCUT2D eigenvalue weighted by Gasteiger charge is 2.13. The molecule has 0 spiro atoms. The molecule has 5 heteroatoms. The van der Waals surface area contributed by atoms with Crippen LogP contribution in [0.1, 0.15) is 21.5 Å². The summed E-state index contributed by atoms with van der Waals surface area (Å²) in [5, 5.41) is 9.52. The SMILES string of the molecule is COc1ccc(C(=O)/C(C#N)=C/c2ccc(OC)c(OCc3ccccc3)c2)cc1. The second-order valence-corrected chi connectivity index (χ2v) is 6.41. The van der Waals surface area contributed by atoms with Gasteiger partial charge in [-0.2, -0.15) is 5.26 Å². The first-order valence-electron chi connectivity index (χ1n) is 9.30. The van der Waals surface area contributed by atoms with Crippen LogP contribution in [0.2, 0.25) is 0 Å². The van der Waals surface area contributed by atoms with Crippen LogP contribution < -0.4 is 14.2 Å². The Balaban J connectivity index is 1.84. The molecule has 0 radical (unpaired) electrons. The fraction of sp³-hybridized carbons (Fsp3) is 0.120. The number of carbonyl (C=O) groups excluding carboxylic acids is 1. The molecule has 0 N–H and O–H groups in total. The van der Waals surface area contributed by atoms with Gasteiger partial charge in [0.25, 0.3) is 0 Å². The summed E-state index contributed by atoms with van der Waals surface area (Å²) < 4.78 is 16.4. The standard InChI is InChI=1S/C25H21NO4/c1-28-22-11-9-20(10-12-22)25(27)21(16-26)14-19-8-13-23(29-2)24(15-19)30-17-18-6-4-3-5-7-18/h3-15H,17H2,1-2H3/b21-14+. The Bertz CT molecular complexity index is 1080. The number of ketones is 1. The number of benzene rings is 3. The van der Waals surface area contributed by atoms with Crippen molar-refractivity contribution in [1.29, 1.82) is 5.26 Å². The van der Waals surface area contributed by atoms with Crippen molar-refractivity contribution in [3.8, 4) is 23.3 Å². The van der Waals surface area contributed by atoms with Crippen LogP contribution in [-0.2, 0) is 6.61 Å². The zero-order valence-electron chi connectivity index (χ0n) is 16.8. The van der Waals surface area contributed by atoms with Crippen molar-refractivity contribution in [3.05, 3.63) is 95.1 Å². The second-order valence-electron chi connectivity index (χ2n) is 6.41. The van der Waals surface area contributed by atoms with Gasteiger partial charge in [0.2, 0.25) is 5.78 Å². The Morgan fingerprint density at radius 1 is 0.933 bits per heavy atom. The summed E-state index contributed by atoms with van der Waals surface area (Å²) in [5.74, 6) is 1.39. The van der Waals surface area contributed by atoms with Crippen LogP contribution in [0.3, 0.4) is 0 Å². The smallest absolute Gasteiger partial charge is 0.203 e. The topological polar surface area (TPSA) is 68.6 Å². The van der Waals surface area contributed by atoms with Gasteiger partial charge in [0.05, 0.1) is 14.2 Å². The summed E-state index contributed by atoms with van der Waals surface area (Å²) in [5.41, 5.74) is 2.13. The number of allylic oxidation sites excluding steroid dienone is 1. The second kappa shape index (κ2) is 9.94. The maximum absolute atomic E-state index is 12.7. The van der Waals surface area contributed by atoms with E-state index in [1.165, 1.54) is 0 Å². The summed E-state index contributed by atoms with van der Waals surface area (Å²) in [7, 11) is 3.12. The minimum Gasteiger partial charge on any atom is -0.497 e. The van der Waals surface area contributed by atoms with Gasteiger partial charge in [-0.3, -0.25) is 4.79 Å². The van der Waals surface area contributed by atoms with Gasteiger partial charge in [0, 0.05) is 5.56 Å². The predicted molar refractivity (Wildman–Crippen MR) is 115 cm³/mol. The largest absolute Gasteiger partial charge is 0.497 e. The molecule has 0 saturated heterocycles. The number of rotatable bonds is 8. The molecule has 3 aromatic carbocycles. The third kappa shape index (κ3) is 5.06. The quantitative estimate of drug-likeness (QED) is 0.300. The van der Waals surface area contributed by atoms with Crippen LogP contribution in [0, 0.1) is 11.3 Å². The van der Waals surface area contributed by atoms with Crippen LogP contribution in [0.4, 0.5) is 0 Å². The van der Waals surface area contributed by atoms with E-state index >= 15 is 0 Å². The number of nitriles is 1. The van der Waals surface area contributed by atoms with E-state index < -0.39 is 0 Å². The fourth-order valence-electron chi connectivity index (χ4n) is 2.84. The van der Waals surface area contributed by atoms with Crippen molar-refractivity contribution >= 4 is 11.9 Å². The van der Waals surface area contributed by atoms with Gasteiger partial charge in [-0.1, -0.05) is 36.4 Å². The Labute approximate surface area is 175 Å². The van der Waals surface area contributed by atoms with Crippen LogP contribution >= 0.6 is 0 Å². The molecular formula is C25H21NO4. The molecule has 0 aromatic heterocycles. The third-order valence-electron chi connectivity index (χ3n) is 4.45. The molecule has 30 heavy (non-hydrogen) atoms. The summed E-state index contributed by atoms with van der Waals surface area (Å²) >= 11 is 0. The molecule has 3 aromatic rings. The van der Waals surface area contributed by atoms with Crippen LogP contribution in [0.15, 0.2) is 78.4 Å². The average Bonchev–Trinajstić information content (AvgIpc) is 2.81. The number of hydrogen-bond donors (Lipinski definition) is 0. The molecule has 3 rings (SSSR count). The molecule has 0 heterocycles. The van der Waals surface area contributed by atoms with E-state index in [9.17, 15) is 10.1 Å². The maximum Gasteiger partial charge on any atom is 0.203 e. The van der Waals surface area contributed by atoms with Crippen molar-refractivity contribution in [3.63, 3.8) is 0 Å². The Kier molecular flexibility index (Phi) is 6.86. The molecule has 0 bridgehead atoms. The molecule has 0 fully saturated rings. The summed E-state index contributed by atoms with van der Waals surface area (Å²) in [6, 6.07) is 23.7. The number of ether oxygens (including phenoxy) is 3. The van der Waals surface area contributed by atoms with Crippen LogP contribution in [-0.4, -0.2) is 20.0 Å². The molecule has 0 aliphatic rings. The van der Waals surface area contributed by atoms with Crippen LogP contribution in [0.5, 0.6) is 17.2 Å². The third-order valence-corrected chi connectivity index (χ3v) is 4.45. The van der Waals surface area contributed by atoms with Gasteiger partial charge in [-0.25, -0.2) is 0 Å². The lowest BCUT2D eigenvalue weighted by atomic mass is 10.0. The maximum atomic E-state index is 12.7. The van der Waals surface area contributed by atoms with Crippen molar-refractivity contribution in [1.82, 2.24) is 0 Å². The van der Waals surface area contributed by atoms with Crippen LogP contribution in [0.25, 0.3) is 6.08 Å². The summed E-state index contributed by atoms with van der Waals surface area (Å²) in [6.45, 7) is 0.375. The molecule has 0 saturated carbocycles. The highest BCUT2D eigenvalue weighted by atomic mass is 16.5. The normalized spacial score (nSPS) is 10.8. The Hall–Kier alpha value is -4.04. The Morgan fingerprint density at radius 3 is 2.30 bits per heavy atom. The van der Waals surface area contributed by atoms with Gasteiger partial charge < -0.3 is 14.2 Å². The molecule has 0 aliphatic heterocycles. The molecule has 0 aliphatic carbocycles. The number of hydrogen-bond acceptors (Lipinski definition) is 5. The van der Waals surface area contributed by atoms with Gasteiger partial charge in [-0.05, 0) is 53.6 Å². The van der Waals surface area contributed by atoms with Crippen molar-refractivity contribution in [2.24, 2.45) is 0 Å². The first-order chi connectivity index (χ1) is 14.6. The Morgan fingerprint density at radius 2 is 1.67 bits per heavy atom. The number of methoxy groups -OCH3 is 2. The van der Waals surface area contributed by atoms with Crippen molar-refractivity contribution in [2.75, 3.05) is 14.2 Å². The van der Waals surface area contributed by atoms with Gasteiger partial charge in [-0.15, -0.1) is 0 Å². The zero-order chi connectivity index (χ0) is 21.3. The predicted octanol–water partition coefficient (Wildman–Crippen LogP) is 5.07. The van der Waals surface area contributed by atoms with Gasteiger partial charge >= 0.3 is 0 Å². The van der Waals surface area contributed by atoms with E-state index in [0.29, 0.717) is 35.0 Å². The number of carbonyl (C=O) groups is 1. The van der Waals surface area contributed by atoms with Gasteiger partial charge in [0.15, 0.2) is 11.5 Å². The minimum absolute atomic E-state index is 0.0272. The van der Waals surface area contributed by atoms with E-state index in [4.69, 9.17) is 14.2 Å². The zero-order valence-corrected chi connectivity index (χ0v) is 16.8. The fourth-order valence-corrected chi connectivity index (χ4v) is 2.84. The lowest BCUT2D eigenvalue weighted by Gasteiger charge is -2.12. The lowest BCUT2D eigenvalue weighted by molar-refractivity contribution is 0.104. The first kappa shape index (κ1) is 20.7. The number of nitrogens with zero attached hydrogens (tertiary/aromatic N) is 1.